The van der Waals surface area contributed by atoms with Crippen LogP contribution < -0.4 is 5.32 Å². The van der Waals surface area contributed by atoms with Gasteiger partial charge in [0.2, 0.25) is 11.8 Å². The van der Waals surface area contributed by atoms with Crippen molar-refractivity contribution >= 4 is 11.8 Å². The van der Waals surface area contributed by atoms with Crippen LogP contribution in [-0.4, -0.2) is 49.1 Å². The molecule has 2 heterocycles. The molecule has 0 aromatic rings. The SMILES string of the molecule is CC(C)C1(C)CC(=O)N(CC2CNCCO2)C1=O. The Hall–Kier alpha value is -0.940. The normalized spacial score (nSPS) is 33.6. The fourth-order valence-corrected chi connectivity index (χ4v) is 2.48. The van der Waals surface area contributed by atoms with Gasteiger partial charge in [-0.3, -0.25) is 14.5 Å². The first-order valence-corrected chi connectivity index (χ1v) is 6.62. The lowest BCUT2D eigenvalue weighted by molar-refractivity contribution is -0.144. The number of likely N-dealkylation sites (tertiary alicyclic amines) is 1. The molecule has 102 valence electrons. The Morgan fingerprint density at radius 1 is 1.50 bits per heavy atom. The average molecular weight is 254 g/mol. The van der Waals surface area contributed by atoms with Gasteiger partial charge >= 0.3 is 0 Å². The minimum absolute atomic E-state index is 0.0447. The summed E-state index contributed by atoms with van der Waals surface area (Å²) in [6.07, 6.45) is 0.255. The van der Waals surface area contributed by atoms with E-state index in [1.807, 2.05) is 20.8 Å². The van der Waals surface area contributed by atoms with Crippen molar-refractivity contribution < 1.29 is 14.3 Å². The predicted octanol–water partition coefficient (Wildman–Crippen LogP) is 0.396. The van der Waals surface area contributed by atoms with Gasteiger partial charge in [0, 0.05) is 19.5 Å². The van der Waals surface area contributed by atoms with Crippen molar-refractivity contribution in [2.75, 3.05) is 26.2 Å². The lowest BCUT2D eigenvalue weighted by atomic mass is 9.78. The van der Waals surface area contributed by atoms with Gasteiger partial charge in [-0.2, -0.15) is 0 Å². The molecule has 5 nitrogen and oxygen atoms in total. The zero-order chi connectivity index (χ0) is 13.3. The number of ether oxygens (including phenoxy) is 1. The van der Waals surface area contributed by atoms with E-state index in [4.69, 9.17) is 4.74 Å². The standard InChI is InChI=1S/C13H22N2O3/c1-9(2)13(3)6-11(16)15(12(13)17)8-10-7-14-4-5-18-10/h9-10,14H,4-8H2,1-3H3. The fourth-order valence-electron chi connectivity index (χ4n) is 2.48. The number of imide groups is 1. The van der Waals surface area contributed by atoms with Crippen LogP contribution in [0.1, 0.15) is 27.2 Å². The minimum Gasteiger partial charge on any atom is -0.374 e. The molecular weight excluding hydrogens is 232 g/mol. The van der Waals surface area contributed by atoms with Crippen molar-refractivity contribution in [1.29, 1.82) is 0 Å². The van der Waals surface area contributed by atoms with Crippen LogP contribution in [0.3, 0.4) is 0 Å². The zero-order valence-electron chi connectivity index (χ0n) is 11.4. The Kier molecular flexibility index (Phi) is 3.73. The highest BCUT2D eigenvalue weighted by Crippen LogP contribution is 2.39. The van der Waals surface area contributed by atoms with Crippen molar-refractivity contribution in [1.82, 2.24) is 10.2 Å². The van der Waals surface area contributed by atoms with Crippen molar-refractivity contribution in [3.8, 4) is 0 Å². The Morgan fingerprint density at radius 2 is 2.22 bits per heavy atom. The number of hydrogen-bond donors (Lipinski definition) is 1. The first kappa shape index (κ1) is 13.5. The second-order valence-corrected chi connectivity index (χ2v) is 5.76. The molecule has 2 aliphatic heterocycles. The van der Waals surface area contributed by atoms with E-state index in [-0.39, 0.29) is 23.8 Å². The number of rotatable bonds is 3. The van der Waals surface area contributed by atoms with Gasteiger partial charge in [-0.1, -0.05) is 13.8 Å². The molecular formula is C13H22N2O3. The topological polar surface area (TPSA) is 58.6 Å². The first-order chi connectivity index (χ1) is 8.45. The smallest absolute Gasteiger partial charge is 0.235 e. The van der Waals surface area contributed by atoms with Crippen LogP contribution >= 0.6 is 0 Å². The van der Waals surface area contributed by atoms with Crippen molar-refractivity contribution in [3.05, 3.63) is 0 Å². The summed E-state index contributed by atoms with van der Waals surface area (Å²) < 4.78 is 5.56. The maximum atomic E-state index is 12.4. The number of nitrogens with zero attached hydrogens (tertiary/aromatic N) is 1. The highest BCUT2D eigenvalue weighted by molar-refractivity contribution is 6.05. The molecule has 1 N–H and O–H groups in total. The number of nitrogens with one attached hydrogen (secondary N) is 1. The maximum absolute atomic E-state index is 12.4. The lowest BCUT2D eigenvalue weighted by Gasteiger charge is -2.29. The van der Waals surface area contributed by atoms with Gasteiger partial charge in [0.25, 0.3) is 0 Å². The summed E-state index contributed by atoms with van der Waals surface area (Å²) >= 11 is 0. The van der Waals surface area contributed by atoms with Gasteiger partial charge in [-0.25, -0.2) is 0 Å². The van der Waals surface area contributed by atoms with Gasteiger partial charge in [0.05, 0.1) is 24.7 Å². The number of morpholine rings is 1. The van der Waals surface area contributed by atoms with Crippen LogP contribution in [0.25, 0.3) is 0 Å². The van der Waals surface area contributed by atoms with E-state index in [9.17, 15) is 9.59 Å². The molecule has 0 spiro atoms. The molecule has 2 saturated heterocycles. The van der Waals surface area contributed by atoms with Gasteiger partial charge in [0.15, 0.2) is 0 Å². The molecule has 0 radical (unpaired) electrons. The highest BCUT2D eigenvalue weighted by Gasteiger charge is 2.50. The summed E-state index contributed by atoms with van der Waals surface area (Å²) in [7, 11) is 0. The molecule has 2 atom stereocenters. The fraction of sp³-hybridized carbons (Fsp3) is 0.846. The molecule has 18 heavy (non-hydrogen) atoms. The molecule has 5 heteroatoms. The van der Waals surface area contributed by atoms with Gasteiger partial charge in [-0.05, 0) is 12.8 Å². The van der Waals surface area contributed by atoms with E-state index in [1.54, 1.807) is 0 Å². The number of carbonyl (C=O) groups is 2. The van der Waals surface area contributed by atoms with Crippen LogP contribution in [0.4, 0.5) is 0 Å². The molecule has 2 rings (SSSR count). The van der Waals surface area contributed by atoms with Crippen molar-refractivity contribution in [2.24, 2.45) is 11.3 Å². The Labute approximate surface area is 108 Å². The van der Waals surface area contributed by atoms with E-state index in [2.05, 4.69) is 5.32 Å². The molecule has 0 aliphatic carbocycles. The predicted molar refractivity (Wildman–Crippen MR) is 66.9 cm³/mol. The number of hydrogen-bond acceptors (Lipinski definition) is 4. The Morgan fingerprint density at radius 3 is 2.72 bits per heavy atom. The molecule has 0 aromatic heterocycles. The third kappa shape index (κ3) is 2.29. The lowest BCUT2D eigenvalue weighted by Crippen LogP contribution is -2.48. The first-order valence-electron chi connectivity index (χ1n) is 6.62. The third-order valence-electron chi connectivity index (χ3n) is 4.22. The van der Waals surface area contributed by atoms with E-state index >= 15 is 0 Å². The molecule has 2 unspecified atom stereocenters. The van der Waals surface area contributed by atoms with E-state index in [0.717, 1.165) is 6.54 Å². The summed E-state index contributed by atoms with van der Waals surface area (Å²) in [5.41, 5.74) is -0.542. The minimum atomic E-state index is -0.542. The van der Waals surface area contributed by atoms with Gasteiger partial charge in [0.1, 0.15) is 0 Å². The zero-order valence-corrected chi connectivity index (χ0v) is 11.4. The van der Waals surface area contributed by atoms with Crippen LogP contribution in [0.5, 0.6) is 0 Å². The van der Waals surface area contributed by atoms with E-state index < -0.39 is 5.41 Å². The summed E-state index contributed by atoms with van der Waals surface area (Å²) in [6, 6.07) is 0. The molecule has 2 aliphatic rings. The number of carbonyl (C=O) groups excluding carboxylic acids is 2. The second kappa shape index (κ2) is 4.97. The maximum Gasteiger partial charge on any atom is 0.235 e. The van der Waals surface area contributed by atoms with Crippen LogP contribution in [0.2, 0.25) is 0 Å². The van der Waals surface area contributed by atoms with Crippen molar-refractivity contribution in [2.45, 2.75) is 33.3 Å². The van der Waals surface area contributed by atoms with Crippen LogP contribution in [0.15, 0.2) is 0 Å². The summed E-state index contributed by atoms with van der Waals surface area (Å²) in [4.78, 5) is 25.8. The largest absolute Gasteiger partial charge is 0.374 e. The Bertz CT molecular complexity index is 350. The van der Waals surface area contributed by atoms with Crippen molar-refractivity contribution in [3.63, 3.8) is 0 Å². The molecule has 0 saturated carbocycles. The molecule has 0 bridgehead atoms. The number of amides is 2. The molecule has 2 amide bonds. The highest BCUT2D eigenvalue weighted by atomic mass is 16.5. The Balaban J connectivity index is 2.05. The third-order valence-corrected chi connectivity index (χ3v) is 4.22. The molecule has 2 fully saturated rings. The molecule has 0 aromatic carbocycles. The van der Waals surface area contributed by atoms with Crippen LogP contribution in [0, 0.1) is 11.3 Å². The average Bonchev–Trinajstić information content (AvgIpc) is 2.56. The van der Waals surface area contributed by atoms with E-state index in [1.165, 1.54) is 4.90 Å². The summed E-state index contributed by atoms with van der Waals surface area (Å²) in [5.74, 6) is 0.0615. The summed E-state index contributed by atoms with van der Waals surface area (Å²) in [5, 5.41) is 3.21. The monoisotopic (exact) mass is 254 g/mol. The van der Waals surface area contributed by atoms with E-state index in [0.29, 0.717) is 26.1 Å². The summed E-state index contributed by atoms with van der Waals surface area (Å²) in [6.45, 7) is 8.44. The quantitative estimate of drug-likeness (QED) is 0.741. The second-order valence-electron chi connectivity index (χ2n) is 5.76. The van der Waals surface area contributed by atoms with Gasteiger partial charge < -0.3 is 10.1 Å². The van der Waals surface area contributed by atoms with Gasteiger partial charge in [-0.15, -0.1) is 0 Å². The van der Waals surface area contributed by atoms with Crippen LogP contribution in [-0.2, 0) is 14.3 Å².